The van der Waals surface area contributed by atoms with Gasteiger partial charge in [0.25, 0.3) is 5.91 Å². The lowest BCUT2D eigenvalue weighted by atomic mass is 10.2. The molecule has 0 fully saturated rings. The standard InChI is InChI=1S/C13H12FN5O2/c1-7-15-13-17-12(21)10(19(13)18-7)6-11(20)16-9-4-2-8(14)3-5-9/h2-5,10H,6H2,1H3,(H,16,20)(H,15,17,18,21)/t10-/m0/s1. The first-order valence-electron chi connectivity index (χ1n) is 6.32. The van der Waals surface area contributed by atoms with E-state index in [1.165, 1.54) is 28.9 Å². The quantitative estimate of drug-likeness (QED) is 0.890. The Hall–Kier alpha value is -2.77. The number of halogens is 1. The SMILES string of the molecule is Cc1nc2n(n1)[C@@H](CC(=O)Nc1ccc(F)cc1)C(=O)N2. The average Bonchev–Trinajstić information content (AvgIpc) is 2.90. The van der Waals surface area contributed by atoms with E-state index in [-0.39, 0.29) is 24.1 Å². The van der Waals surface area contributed by atoms with Gasteiger partial charge in [-0.1, -0.05) is 0 Å². The van der Waals surface area contributed by atoms with Crippen LogP contribution in [0.3, 0.4) is 0 Å². The zero-order chi connectivity index (χ0) is 15.0. The molecule has 0 saturated carbocycles. The van der Waals surface area contributed by atoms with Crippen molar-refractivity contribution in [1.29, 1.82) is 0 Å². The minimum Gasteiger partial charge on any atom is -0.326 e. The fraction of sp³-hybridized carbons (Fsp3) is 0.231. The number of anilines is 2. The third-order valence-corrected chi connectivity index (χ3v) is 3.08. The van der Waals surface area contributed by atoms with Crippen molar-refractivity contribution in [2.24, 2.45) is 0 Å². The highest BCUT2D eigenvalue weighted by molar-refractivity contribution is 6.00. The number of nitrogens with one attached hydrogen (secondary N) is 2. The monoisotopic (exact) mass is 289 g/mol. The van der Waals surface area contributed by atoms with E-state index >= 15 is 0 Å². The number of aryl methyl sites for hydroxylation is 1. The van der Waals surface area contributed by atoms with E-state index in [0.717, 1.165) is 0 Å². The third kappa shape index (κ3) is 2.60. The normalized spacial score (nSPS) is 16.5. The van der Waals surface area contributed by atoms with Gasteiger partial charge in [-0.3, -0.25) is 14.9 Å². The maximum Gasteiger partial charge on any atom is 0.252 e. The number of hydrogen-bond donors (Lipinski definition) is 2. The smallest absolute Gasteiger partial charge is 0.252 e. The molecule has 0 aliphatic carbocycles. The van der Waals surface area contributed by atoms with Gasteiger partial charge in [0.2, 0.25) is 11.9 Å². The molecule has 0 unspecified atom stereocenters. The Labute approximate surface area is 119 Å². The van der Waals surface area contributed by atoms with Crippen LogP contribution in [0.25, 0.3) is 0 Å². The van der Waals surface area contributed by atoms with Gasteiger partial charge in [0.15, 0.2) is 0 Å². The van der Waals surface area contributed by atoms with Gasteiger partial charge in [0.05, 0.1) is 6.42 Å². The number of nitrogens with zero attached hydrogens (tertiary/aromatic N) is 3. The molecule has 1 aromatic heterocycles. The summed E-state index contributed by atoms with van der Waals surface area (Å²) >= 11 is 0. The lowest BCUT2D eigenvalue weighted by Gasteiger charge is -2.09. The lowest BCUT2D eigenvalue weighted by Crippen LogP contribution is -2.23. The zero-order valence-electron chi connectivity index (χ0n) is 11.1. The molecule has 0 saturated heterocycles. The minimum absolute atomic E-state index is 0.0704. The Kier molecular flexibility index (Phi) is 3.13. The van der Waals surface area contributed by atoms with E-state index in [2.05, 4.69) is 20.7 Å². The number of aromatic nitrogens is 3. The van der Waals surface area contributed by atoms with Crippen molar-refractivity contribution in [3.8, 4) is 0 Å². The predicted octanol–water partition coefficient (Wildman–Crippen LogP) is 1.25. The Morgan fingerprint density at radius 3 is 2.86 bits per heavy atom. The van der Waals surface area contributed by atoms with Crippen molar-refractivity contribution in [3.05, 3.63) is 35.9 Å². The number of rotatable bonds is 3. The van der Waals surface area contributed by atoms with Crippen LogP contribution < -0.4 is 10.6 Å². The molecule has 2 aromatic rings. The van der Waals surface area contributed by atoms with Crippen molar-refractivity contribution in [2.45, 2.75) is 19.4 Å². The van der Waals surface area contributed by atoms with Crippen molar-refractivity contribution in [2.75, 3.05) is 10.6 Å². The summed E-state index contributed by atoms with van der Waals surface area (Å²) in [6, 6.07) is 4.68. The first kappa shape index (κ1) is 13.2. The molecule has 1 atom stereocenters. The fourth-order valence-corrected chi connectivity index (χ4v) is 2.14. The molecule has 108 valence electrons. The van der Waals surface area contributed by atoms with Gasteiger partial charge >= 0.3 is 0 Å². The second-order valence-electron chi connectivity index (χ2n) is 4.69. The summed E-state index contributed by atoms with van der Waals surface area (Å²) in [5, 5.41) is 9.26. The van der Waals surface area contributed by atoms with Crippen LogP contribution in [0.5, 0.6) is 0 Å². The van der Waals surface area contributed by atoms with E-state index < -0.39 is 6.04 Å². The van der Waals surface area contributed by atoms with E-state index in [4.69, 9.17) is 0 Å². The maximum atomic E-state index is 12.8. The van der Waals surface area contributed by atoms with Crippen molar-refractivity contribution >= 4 is 23.5 Å². The van der Waals surface area contributed by atoms with Crippen molar-refractivity contribution in [1.82, 2.24) is 14.8 Å². The summed E-state index contributed by atoms with van der Waals surface area (Å²) in [6.45, 7) is 1.70. The topological polar surface area (TPSA) is 88.9 Å². The van der Waals surface area contributed by atoms with Crippen LogP contribution in [0, 0.1) is 12.7 Å². The van der Waals surface area contributed by atoms with E-state index in [1.54, 1.807) is 6.92 Å². The van der Waals surface area contributed by atoms with Crippen LogP contribution in [0.1, 0.15) is 18.3 Å². The summed E-state index contributed by atoms with van der Waals surface area (Å²) in [7, 11) is 0. The number of carbonyl (C=O) groups is 2. The number of amides is 2. The average molecular weight is 289 g/mol. The molecule has 2 amide bonds. The van der Waals surface area contributed by atoms with Gasteiger partial charge in [-0.25, -0.2) is 9.07 Å². The molecule has 1 aliphatic heterocycles. The summed E-state index contributed by atoms with van der Waals surface area (Å²) < 4.78 is 14.2. The summed E-state index contributed by atoms with van der Waals surface area (Å²) in [5.41, 5.74) is 0.467. The second kappa shape index (κ2) is 4.97. The van der Waals surface area contributed by atoms with Gasteiger partial charge < -0.3 is 5.32 Å². The van der Waals surface area contributed by atoms with E-state index in [1.807, 2.05) is 0 Å². The number of fused-ring (bicyclic) bond motifs is 1. The van der Waals surface area contributed by atoms with Crippen LogP contribution in [0.15, 0.2) is 24.3 Å². The molecule has 3 rings (SSSR count). The van der Waals surface area contributed by atoms with Crippen LogP contribution in [0.2, 0.25) is 0 Å². The van der Waals surface area contributed by atoms with Crippen LogP contribution in [-0.4, -0.2) is 26.6 Å². The molecule has 7 nitrogen and oxygen atoms in total. The maximum absolute atomic E-state index is 12.8. The second-order valence-corrected chi connectivity index (χ2v) is 4.69. The zero-order valence-corrected chi connectivity index (χ0v) is 11.1. The summed E-state index contributed by atoms with van der Waals surface area (Å²) in [6.07, 6.45) is -0.0704. The Bertz CT molecular complexity index is 710. The highest BCUT2D eigenvalue weighted by Crippen LogP contribution is 2.25. The van der Waals surface area contributed by atoms with Gasteiger partial charge in [-0.15, -0.1) is 0 Å². The van der Waals surface area contributed by atoms with Crippen LogP contribution in [0.4, 0.5) is 16.0 Å². The molecular formula is C13H12FN5O2. The highest BCUT2D eigenvalue weighted by atomic mass is 19.1. The first-order chi connectivity index (χ1) is 10.0. The molecule has 8 heteroatoms. The third-order valence-electron chi connectivity index (χ3n) is 3.08. The Morgan fingerprint density at radius 1 is 1.43 bits per heavy atom. The summed E-state index contributed by atoms with van der Waals surface area (Å²) in [5.74, 6) is -0.195. The minimum atomic E-state index is -0.721. The molecule has 1 aliphatic rings. The molecule has 2 N–H and O–H groups in total. The number of carbonyl (C=O) groups excluding carboxylic acids is 2. The molecular weight excluding hydrogens is 277 g/mol. The first-order valence-corrected chi connectivity index (χ1v) is 6.32. The fourth-order valence-electron chi connectivity index (χ4n) is 2.14. The summed E-state index contributed by atoms with van der Waals surface area (Å²) in [4.78, 5) is 27.8. The van der Waals surface area contributed by atoms with E-state index in [0.29, 0.717) is 17.5 Å². The van der Waals surface area contributed by atoms with Crippen LogP contribution in [-0.2, 0) is 9.59 Å². The molecule has 2 heterocycles. The molecule has 0 radical (unpaired) electrons. The lowest BCUT2D eigenvalue weighted by molar-refractivity contribution is -0.123. The van der Waals surface area contributed by atoms with Gasteiger partial charge in [-0.05, 0) is 31.2 Å². The largest absolute Gasteiger partial charge is 0.326 e. The molecule has 0 bridgehead atoms. The highest BCUT2D eigenvalue weighted by Gasteiger charge is 2.34. The number of benzene rings is 1. The van der Waals surface area contributed by atoms with Crippen LogP contribution >= 0.6 is 0 Å². The van der Waals surface area contributed by atoms with Gasteiger partial charge in [0, 0.05) is 5.69 Å². The predicted molar refractivity (Wildman–Crippen MR) is 72.1 cm³/mol. The van der Waals surface area contributed by atoms with E-state index in [9.17, 15) is 14.0 Å². The van der Waals surface area contributed by atoms with Gasteiger partial charge in [0.1, 0.15) is 17.7 Å². The van der Waals surface area contributed by atoms with Crippen molar-refractivity contribution in [3.63, 3.8) is 0 Å². The Balaban J connectivity index is 1.70. The van der Waals surface area contributed by atoms with Crippen molar-refractivity contribution < 1.29 is 14.0 Å². The molecule has 21 heavy (non-hydrogen) atoms. The Morgan fingerprint density at radius 2 is 2.14 bits per heavy atom. The molecule has 0 spiro atoms. The molecule has 1 aromatic carbocycles. The number of hydrogen-bond acceptors (Lipinski definition) is 4. The van der Waals surface area contributed by atoms with Gasteiger partial charge in [-0.2, -0.15) is 10.1 Å².